The molecule has 0 aliphatic carbocycles. The van der Waals surface area contributed by atoms with Crippen LogP contribution in [0.1, 0.15) is 12.8 Å². The molecule has 1 heterocycles. The van der Waals surface area contributed by atoms with Crippen LogP contribution in [0.4, 0.5) is 0 Å². The zero-order valence-corrected chi connectivity index (χ0v) is 8.23. The molecule has 0 atom stereocenters. The molecule has 0 N–H and O–H groups in total. The van der Waals surface area contributed by atoms with Crippen molar-refractivity contribution in [3.63, 3.8) is 0 Å². The van der Waals surface area contributed by atoms with Gasteiger partial charge in [-0.05, 0) is 13.5 Å². The highest BCUT2D eigenvalue weighted by Gasteiger charge is 2.05. The summed E-state index contributed by atoms with van der Waals surface area (Å²) in [5.41, 5.74) is 0.920. The van der Waals surface area contributed by atoms with Crippen LogP contribution < -0.4 is 0 Å². The Labute approximate surface area is 84.0 Å². The van der Waals surface area contributed by atoms with Crippen molar-refractivity contribution in [2.45, 2.75) is 12.8 Å². The van der Waals surface area contributed by atoms with Crippen molar-refractivity contribution in [1.82, 2.24) is 4.90 Å². The standard InChI is InChI=1S/C7H11NO.C3H2N2/c1-8-4-2-3-7(5-8)6-9;4-2-1-3-5/h3,6H,2,4-5H2,1H3;1H2. The smallest absolute Gasteiger partial charge is 0.147 e. The number of hydrogen-bond donors (Lipinski definition) is 0. The molecule has 0 aromatic carbocycles. The number of likely N-dealkylation sites (N-methyl/N-ethyl adjacent to an activating group) is 1. The molecule has 0 saturated carbocycles. The molecule has 0 fully saturated rings. The van der Waals surface area contributed by atoms with Crippen LogP contribution in [0.15, 0.2) is 11.6 Å². The largest absolute Gasteiger partial charge is 0.302 e. The van der Waals surface area contributed by atoms with Gasteiger partial charge in [0.2, 0.25) is 0 Å². The van der Waals surface area contributed by atoms with Crippen molar-refractivity contribution in [2.75, 3.05) is 20.1 Å². The normalized spacial score (nSPS) is 15.2. The van der Waals surface area contributed by atoms with E-state index in [1.54, 1.807) is 12.1 Å². The van der Waals surface area contributed by atoms with E-state index in [1.807, 2.05) is 13.1 Å². The summed E-state index contributed by atoms with van der Waals surface area (Å²) in [6.45, 7) is 1.90. The first-order valence-electron chi connectivity index (χ1n) is 4.31. The Balaban J connectivity index is 0.000000292. The van der Waals surface area contributed by atoms with Crippen molar-refractivity contribution in [3.05, 3.63) is 11.6 Å². The summed E-state index contributed by atoms with van der Waals surface area (Å²) < 4.78 is 0. The van der Waals surface area contributed by atoms with Gasteiger partial charge in [-0.2, -0.15) is 10.5 Å². The molecular weight excluding hydrogens is 178 g/mol. The van der Waals surface area contributed by atoms with E-state index in [2.05, 4.69) is 4.90 Å². The summed E-state index contributed by atoms with van der Waals surface area (Å²) in [4.78, 5) is 12.4. The van der Waals surface area contributed by atoms with Gasteiger partial charge in [0.25, 0.3) is 0 Å². The highest BCUT2D eigenvalue weighted by Crippen LogP contribution is 2.03. The average Bonchev–Trinajstić information content (AvgIpc) is 2.20. The van der Waals surface area contributed by atoms with Gasteiger partial charge in [-0.25, -0.2) is 0 Å². The Morgan fingerprint density at radius 1 is 1.57 bits per heavy atom. The van der Waals surface area contributed by atoms with Crippen LogP contribution in [0.3, 0.4) is 0 Å². The summed E-state index contributed by atoms with van der Waals surface area (Å²) in [6, 6.07) is 3.31. The van der Waals surface area contributed by atoms with E-state index >= 15 is 0 Å². The van der Waals surface area contributed by atoms with Crippen molar-refractivity contribution in [1.29, 1.82) is 10.5 Å². The van der Waals surface area contributed by atoms with E-state index in [4.69, 9.17) is 10.5 Å². The first-order chi connectivity index (χ1) is 6.74. The topological polar surface area (TPSA) is 67.9 Å². The molecule has 74 valence electrons. The molecule has 1 aliphatic rings. The number of carbonyl (C=O) groups is 1. The zero-order valence-electron chi connectivity index (χ0n) is 8.23. The average molecular weight is 191 g/mol. The molecule has 4 heteroatoms. The van der Waals surface area contributed by atoms with Crippen molar-refractivity contribution in [2.24, 2.45) is 0 Å². The molecule has 0 amide bonds. The van der Waals surface area contributed by atoms with Crippen LogP contribution >= 0.6 is 0 Å². The molecule has 0 bridgehead atoms. The second-order valence-electron chi connectivity index (χ2n) is 2.92. The fraction of sp³-hybridized carbons (Fsp3) is 0.500. The molecule has 0 spiro atoms. The van der Waals surface area contributed by atoms with Gasteiger partial charge in [0, 0.05) is 18.7 Å². The fourth-order valence-electron chi connectivity index (χ4n) is 1.05. The molecule has 0 aromatic rings. The molecule has 0 radical (unpaired) electrons. The van der Waals surface area contributed by atoms with Gasteiger partial charge in [-0.1, -0.05) is 6.08 Å². The summed E-state index contributed by atoms with van der Waals surface area (Å²) in [5, 5.41) is 15.2. The summed E-state index contributed by atoms with van der Waals surface area (Å²) in [7, 11) is 2.02. The van der Waals surface area contributed by atoms with Gasteiger partial charge >= 0.3 is 0 Å². The number of carbonyl (C=O) groups excluding carboxylic acids is 1. The summed E-state index contributed by atoms with van der Waals surface area (Å²) in [5.74, 6) is 0. The highest BCUT2D eigenvalue weighted by atomic mass is 16.1. The maximum Gasteiger partial charge on any atom is 0.147 e. The summed E-state index contributed by atoms with van der Waals surface area (Å²) >= 11 is 0. The Morgan fingerprint density at radius 3 is 2.50 bits per heavy atom. The SMILES string of the molecule is CN1CCC=C(C=O)C1.N#CCC#N. The van der Waals surface area contributed by atoms with Gasteiger partial charge in [0.1, 0.15) is 12.7 Å². The van der Waals surface area contributed by atoms with E-state index < -0.39 is 0 Å². The van der Waals surface area contributed by atoms with Crippen LogP contribution in [-0.4, -0.2) is 31.3 Å². The molecule has 0 unspecified atom stereocenters. The van der Waals surface area contributed by atoms with Crippen LogP contribution in [0, 0.1) is 22.7 Å². The summed E-state index contributed by atoms with van der Waals surface area (Å²) in [6.07, 6.45) is 3.97. The monoisotopic (exact) mass is 191 g/mol. The molecule has 0 aromatic heterocycles. The van der Waals surface area contributed by atoms with Crippen molar-refractivity contribution >= 4 is 6.29 Å². The fourth-order valence-corrected chi connectivity index (χ4v) is 1.05. The lowest BCUT2D eigenvalue weighted by Gasteiger charge is -2.19. The minimum absolute atomic E-state index is 0. The minimum Gasteiger partial charge on any atom is -0.302 e. The number of rotatable bonds is 1. The van der Waals surface area contributed by atoms with E-state index in [1.165, 1.54) is 0 Å². The van der Waals surface area contributed by atoms with Crippen LogP contribution in [-0.2, 0) is 4.79 Å². The Bertz CT molecular complexity index is 271. The quantitative estimate of drug-likeness (QED) is 0.577. The van der Waals surface area contributed by atoms with Gasteiger partial charge in [0.05, 0.1) is 12.1 Å². The number of nitrogens with zero attached hydrogens (tertiary/aromatic N) is 3. The Kier molecular flexibility index (Phi) is 7.03. The third kappa shape index (κ3) is 5.93. The lowest BCUT2D eigenvalue weighted by Crippen LogP contribution is -2.25. The minimum atomic E-state index is 0. The number of nitriles is 2. The molecular formula is C10H13N3O. The third-order valence-electron chi connectivity index (χ3n) is 1.68. The van der Waals surface area contributed by atoms with Crippen molar-refractivity contribution in [3.8, 4) is 12.1 Å². The maximum atomic E-state index is 10.2. The molecule has 0 saturated heterocycles. The Hall–Kier alpha value is -1.65. The second-order valence-corrected chi connectivity index (χ2v) is 2.92. The number of hydrogen-bond acceptors (Lipinski definition) is 4. The molecule has 14 heavy (non-hydrogen) atoms. The first kappa shape index (κ1) is 12.3. The zero-order chi connectivity index (χ0) is 10.8. The highest BCUT2D eigenvalue weighted by molar-refractivity contribution is 5.73. The van der Waals surface area contributed by atoms with E-state index in [9.17, 15) is 4.79 Å². The van der Waals surface area contributed by atoms with E-state index in [-0.39, 0.29) is 6.42 Å². The van der Waals surface area contributed by atoms with Crippen molar-refractivity contribution < 1.29 is 4.79 Å². The lowest BCUT2D eigenvalue weighted by atomic mass is 10.1. The third-order valence-corrected chi connectivity index (χ3v) is 1.68. The lowest BCUT2D eigenvalue weighted by molar-refractivity contribution is -0.105. The Morgan fingerprint density at radius 2 is 2.21 bits per heavy atom. The van der Waals surface area contributed by atoms with E-state index in [0.29, 0.717) is 0 Å². The van der Waals surface area contributed by atoms with Gasteiger partial charge in [-0.3, -0.25) is 4.79 Å². The van der Waals surface area contributed by atoms with E-state index in [0.717, 1.165) is 31.4 Å². The predicted octanol–water partition coefficient (Wildman–Crippen LogP) is 0.871. The first-order valence-corrected chi connectivity index (χ1v) is 4.31. The molecule has 1 aliphatic heterocycles. The molecule has 4 nitrogen and oxygen atoms in total. The predicted molar refractivity (Wildman–Crippen MR) is 52.1 cm³/mol. The van der Waals surface area contributed by atoms with Gasteiger partial charge in [-0.15, -0.1) is 0 Å². The van der Waals surface area contributed by atoms with Gasteiger partial charge in [0.15, 0.2) is 0 Å². The number of aldehydes is 1. The van der Waals surface area contributed by atoms with Crippen LogP contribution in [0.25, 0.3) is 0 Å². The van der Waals surface area contributed by atoms with Crippen LogP contribution in [0.5, 0.6) is 0 Å². The van der Waals surface area contributed by atoms with Crippen LogP contribution in [0.2, 0.25) is 0 Å². The van der Waals surface area contributed by atoms with Gasteiger partial charge < -0.3 is 4.90 Å². The second kappa shape index (κ2) is 7.97. The maximum absolute atomic E-state index is 10.2. The molecule has 1 rings (SSSR count).